The van der Waals surface area contributed by atoms with Gasteiger partial charge in [-0.3, -0.25) is 4.78 Å². The van der Waals surface area contributed by atoms with Gasteiger partial charge < -0.3 is 5.84 Å². The highest BCUT2D eigenvalue weighted by molar-refractivity contribution is 14.2. The number of hydrazone groups is 1. The lowest BCUT2D eigenvalue weighted by molar-refractivity contribution is 0.727. The fraction of sp³-hybridized carbons (Fsp3) is 0.125. The third-order valence-corrected chi connectivity index (χ3v) is 4.38. The first kappa shape index (κ1) is 13.2. The van der Waals surface area contributed by atoms with E-state index in [9.17, 15) is 0 Å². The zero-order valence-corrected chi connectivity index (χ0v) is 12.6. The number of rotatable bonds is 3. The molecule has 4 N–H and O–H groups in total. The Labute approximate surface area is 112 Å². The van der Waals surface area contributed by atoms with E-state index in [0.29, 0.717) is 12.2 Å². The molecule has 1 rings (SSSR count). The molecular weight excluding hydrogens is 390 g/mol. The second-order valence-electron chi connectivity index (χ2n) is 2.74. The van der Waals surface area contributed by atoms with E-state index in [0.717, 1.165) is 10.9 Å². The van der Waals surface area contributed by atoms with E-state index in [1.165, 1.54) is 10.3 Å². The maximum atomic E-state index is 5.77. The number of hydrazine groups is 1. The van der Waals surface area contributed by atoms with E-state index >= 15 is 0 Å². The van der Waals surface area contributed by atoms with Crippen molar-refractivity contribution in [2.24, 2.45) is 16.8 Å². The first-order valence-electron chi connectivity index (χ1n) is 4.07. The summed E-state index contributed by atoms with van der Waals surface area (Å²) in [5, 5.41) is 4.51. The number of benzene rings is 1. The molecule has 0 aliphatic carbocycles. The van der Waals surface area contributed by atoms with Crippen LogP contribution in [0.3, 0.4) is 0 Å². The average Bonchev–Trinajstić information content (AvgIpc) is 2.30. The molecule has 0 aliphatic rings. The summed E-state index contributed by atoms with van der Waals surface area (Å²) in [6.45, 7) is 0. The normalized spacial score (nSPS) is 12.3. The molecule has 0 spiro atoms. The van der Waals surface area contributed by atoms with Crippen LogP contribution in [0, 0.1) is 0 Å². The summed E-state index contributed by atoms with van der Waals surface area (Å²) >= 11 is 5.58. The molecule has 0 saturated heterocycles. The second-order valence-corrected chi connectivity index (χ2v) is 5.40. The van der Waals surface area contributed by atoms with Crippen molar-refractivity contribution >= 4 is 50.2 Å². The molecule has 82 valence electrons. The van der Waals surface area contributed by atoms with Crippen LogP contribution in [0.5, 0.6) is 0 Å². The summed E-state index contributed by atoms with van der Waals surface area (Å²) in [5.41, 5.74) is 2.10. The van der Waals surface area contributed by atoms with Gasteiger partial charge in [-0.2, -0.15) is 5.10 Å². The van der Waals surface area contributed by atoms with E-state index in [4.69, 9.17) is 11.7 Å². The standard InChI is InChI=1S/C8H11BrIN4P/c9-5-6-2-1-3-7(4-6)8(13-11)14(12)15-10/h1-4,15H,5,11-12H2/b13-8-. The van der Waals surface area contributed by atoms with Crippen LogP contribution in [0.1, 0.15) is 11.1 Å². The Bertz CT molecular complexity index is 360. The van der Waals surface area contributed by atoms with Crippen LogP contribution < -0.4 is 11.7 Å². The highest BCUT2D eigenvalue weighted by Crippen LogP contribution is 2.25. The van der Waals surface area contributed by atoms with Crippen molar-refractivity contribution in [3.05, 3.63) is 35.4 Å². The first-order valence-corrected chi connectivity index (χ1v) is 9.25. The van der Waals surface area contributed by atoms with Gasteiger partial charge in [-0.05, 0) is 33.7 Å². The van der Waals surface area contributed by atoms with Gasteiger partial charge in [0.25, 0.3) is 0 Å². The van der Waals surface area contributed by atoms with Gasteiger partial charge in [0.1, 0.15) is 0 Å². The van der Waals surface area contributed by atoms with Crippen molar-refractivity contribution in [1.82, 2.24) is 4.78 Å². The van der Waals surface area contributed by atoms with Crippen LogP contribution in [0.2, 0.25) is 0 Å². The van der Waals surface area contributed by atoms with Gasteiger partial charge in [-0.25, -0.2) is 5.84 Å². The molecule has 0 aliphatic heterocycles. The van der Waals surface area contributed by atoms with E-state index in [1.807, 2.05) is 24.3 Å². The first-order chi connectivity index (χ1) is 7.22. The minimum atomic E-state index is 0.400. The maximum Gasteiger partial charge on any atom is 0.173 e. The van der Waals surface area contributed by atoms with Gasteiger partial charge >= 0.3 is 0 Å². The summed E-state index contributed by atoms with van der Waals surface area (Å²) in [7, 11) is 0. The molecule has 1 atom stereocenters. The van der Waals surface area contributed by atoms with Crippen LogP contribution in [0.15, 0.2) is 29.4 Å². The molecule has 0 aromatic heterocycles. The van der Waals surface area contributed by atoms with Crippen molar-refractivity contribution in [2.75, 3.05) is 0 Å². The Balaban J connectivity index is 3.02. The number of nitrogens with two attached hydrogens (primary N) is 2. The predicted octanol–water partition coefficient (Wildman–Crippen LogP) is 2.32. The Hall–Kier alpha value is 0.0900. The van der Waals surface area contributed by atoms with Crippen LogP contribution in [-0.4, -0.2) is 10.6 Å². The third-order valence-electron chi connectivity index (χ3n) is 1.78. The number of halogens is 2. The molecule has 0 bridgehead atoms. The quantitative estimate of drug-likeness (QED) is 0.156. The van der Waals surface area contributed by atoms with Gasteiger partial charge in [-0.1, -0.05) is 34.1 Å². The molecule has 1 aromatic carbocycles. The molecule has 1 unspecified atom stereocenters. The minimum absolute atomic E-state index is 0.400. The predicted molar refractivity (Wildman–Crippen MR) is 78.2 cm³/mol. The molecule has 0 saturated carbocycles. The van der Waals surface area contributed by atoms with Crippen molar-refractivity contribution in [3.8, 4) is 0 Å². The number of hydrogen-bond donors (Lipinski definition) is 2. The SMILES string of the molecule is N/N=C(/c1cccc(CBr)c1)N(N)PI. The molecule has 15 heavy (non-hydrogen) atoms. The molecular formula is C8H11BrIN4P. The highest BCUT2D eigenvalue weighted by atomic mass is 127. The number of nitrogens with zero attached hydrogens (tertiary/aromatic N) is 2. The van der Waals surface area contributed by atoms with E-state index in [2.05, 4.69) is 43.1 Å². The van der Waals surface area contributed by atoms with Crippen LogP contribution in [-0.2, 0) is 5.33 Å². The summed E-state index contributed by atoms with van der Waals surface area (Å²) < 4.78 is 1.54. The van der Waals surface area contributed by atoms with Gasteiger partial charge in [0, 0.05) is 10.9 Å². The van der Waals surface area contributed by atoms with Crippen LogP contribution >= 0.6 is 44.3 Å². The van der Waals surface area contributed by atoms with Gasteiger partial charge in [0.2, 0.25) is 0 Å². The van der Waals surface area contributed by atoms with Crippen molar-refractivity contribution in [2.45, 2.75) is 5.33 Å². The zero-order valence-electron chi connectivity index (χ0n) is 7.82. The van der Waals surface area contributed by atoms with Gasteiger partial charge in [0.15, 0.2) is 5.84 Å². The van der Waals surface area contributed by atoms with E-state index in [1.54, 1.807) is 0 Å². The Morgan fingerprint density at radius 3 is 2.87 bits per heavy atom. The number of alkyl halides is 1. The van der Waals surface area contributed by atoms with E-state index < -0.39 is 0 Å². The number of hydrogen-bond acceptors (Lipinski definition) is 3. The highest BCUT2D eigenvalue weighted by Gasteiger charge is 2.09. The molecule has 0 radical (unpaired) electrons. The molecule has 0 heterocycles. The Kier molecular flexibility index (Phi) is 5.81. The fourth-order valence-corrected chi connectivity index (χ4v) is 2.41. The van der Waals surface area contributed by atoms with Crippen molar-refractivity contribution < 1.29 is 0 Å². The lowest BCUT2D eigenvalue weighted by atomic mass is 10.1. The average molecular weight is 401 g/mol. The molecule has 4 nitrogen and oxygen atoms in total. The second kappa shape index (κ2) is 6.62. The summed E-state index contributed by atoms with van der Waals surface area (Å²) in [6, 6.07) is 7.94. The zero-order chi connectivity index (χ0) is 11.3. The molecule has 0 fully saturated rings. The fourth-order valence-electron chi connectivity index (χ4n) is 1.11. The minimum Gasteiger partial charge on any atom is -0.321 e. The third kappa shape index (κ3) is 3.55. The lowest BCUT2D eigenvalue weighted by Gasteiger charge is -2.16. The Morgan fingerprint density at radius 2 is 2.33 bits per heavy atom. The van der Waals surface area contributed by atoms with Gasteiger partial charge in [0.05, 0.1) is 6.37 Å². The largest absolute Gasteiger partial charge is 0.321 e. The van der Waals surface area contributed by atoms with Gasteiger partial charge in [-0.15, -0.1) is 0 Å². The summed E-state index contributed by atoms with van der Waals surface area (Å²) in [6.07, 6.45) is 0.400. The lowest BCUT2D eigenvalue weighted by Crippen LogP contribution is -2.30. The summed E-state index contributed by atoms with van der Waals surface area (Å²) in [5.74, 6) is 11.7. The number of amidine groups is 1. The Morgan fingerprint density at radius 1 is 1.60 bits per heavy atom. The van der Waals surface area contributed by atoms with E-state index in [-0.39, 0.29) is 0 Å². The van der Waals surface area contributed by atoms with Crippen molar-refractivity contribution in [3.63, 3.8) is 0 Å². The smallest absolute Gasteiger partial charge is 0.173 e. The van der Waals surface area contributed by atoms with Crippen molar-refractivity contribution in [1.29, 1.82) is 0 Å². The van der Waals surface area contributed by atoms with Crippen LogP contribution in [0.25, 0.3) is 0 Å². The molecule has 1 aromatic rings. The topological polar surface area (TPSA) is 67.6 Å². The maximum absolute atomic E-state index is 5.77. The van der Waals surface area contributed by atoms with Crippen LogP contribution in [0.4, 0.5) is 0 Å². The molecule has 7 heteroatoms. The monoisotopic (exact) mass is 400 g/mol. The summed E-state index contributed by atoms with van der Waals surface area (Å²) in [4.78, 5) is 0. The molecule has 0 amide bonds.